The van der Waals surface area contributed by atoms with Crippen LogP contribution in [-0.2, 0) is 0 Å². The van der Waals surface area contributed by atoms with Crippen molar-refractivity contribution in [3.8, 4) is 16.9 Å². The summed E-state index contributed by atoms with van der Waals surface area (Å²) in [6, 6.07) is 19.6. The number of carbonyl (C=O) groups excluding carboxylic acids is 1. The summed E-state index contributed by atoms with van der Waals surface area (Å²) in [5.41, 5.74) is 3.99. The molecule has 0 aliphatic carbocycles. The third kappa shape index (κ3) is 2.39. The lowest BCUT2D eigenvalue weighted by Crippen LogP contribution is -2.19. The Kier molecular flexibility index (Phi) is 3.74. The Bertz CT molecular complexity index is 792. The van der Waals surface area contributed by atoms with Crippen molar-refractivity contribution < 1.29 is 4.79 Å². The first-order valence-electron chi connectivity index (χ1n) is 7.15. The van der Waals surface area contributed by atoms with Crippen LogP contribution < -0.4 is 5.32 Å². The van der Waals surface area contributed by atoms with Gasteiger partial charge in [-0.05, 0) is 19.1 Å². The average molecular weight is 291 g/mol. The Morgan fingerprint density at radius 2 is 1.59 bits per heavy atom. The molecule has 0 saturated heterocycles. The maximum atomic E-state index is 12.3. The van der Waals surface area contributed by atoms with Gasteiger partial charge < -0.3 is 5.32 Å². The fraction of sp³-hybridized carbons (Fsp3) is 0.111. The first-order valence-corrected chi connectivity index (χ1v) is 7.15. The summed E-state index contributed by atoms with van der Waals surface area (Å²) in [6.45, 7) is 1.91. The lowest BCUT2D eigenvalue weighted by atomic mass is 10.1. The van der Waals surface area contributed by atoms with Gasteiger partial charge in [0.05, 0.1) is 16.9 Å². The largest absolute Gasteiger partial charge is 0.355 e. The quantitative estimate of drug-likeness (QED) is 0.805. The fourth-order valence-electron chi connectivity index (χ4n) is 2.52. The molecule has 22 heavy (non-hydrogen) atoms. The summed E-state index contributed by atoms with van der Waals surface area (Å²) in [6.07, 6.45) is 0. The van der Waals surface area contributed by atoms with Crippen LogP contribution in [0.5, 0.6) is 0 Å². The third-order valence-electron chi connectivity index (χ3n) is 3.62. The van der Waals surface area contributed by atoms with Crippen LogP contribution in [0.25, 0.3) is 16.9 Å². The minimum absolute atomic E-state index is 0.126. The van der Waals surface area contributed by atoms with Crippen LogP contribution >= 0.6 is 0 Å². The van der Waals surface area contributed by atoms with E-state index in [1.807, 2.05) is 72.3 Å². The lowest BCUT2D eigenvalue weighted by Gasteiger charge is -2.04. The Hall–Kier alpha value is -2.88. The number of benzene rings is 2. The molecule has 0 saturated carbocycles. The molecule has 1 aromatic heterocycles. The van der Waals surface area contributed by atoms with Crippen molar-refractivity contribution in [1.82, 2.24) is 15.1 Å². The Morgan fingerprint density at radius 1 is 1.00 bits per heavy atom. The van der Waals surface area contributed by atoms with E-state index >= 15 is 0 Å². The molecule has 4 nitrogen and oxygen atoms in total. The summed E-state index contributed by atoms with van der Waals surface area (Å²) in [4.78, 5) is 12.3. The van der Waals surface area contributed by atoms with Crippen molar-refractivity contribution in [1.29, 1.82) is 0 Å². The molecule has 3 rings (SSSR count). The normalized spacial score (nSPS) is 10.5. The molecule has 4 heteroatoms. The zero-order valence-corrected chi connectivity index (χ0v) is 12.6. The molecular formula is C18H17N3O. The molecule has 3 aromatic rings. The van der Waals surface area contributed by atoms with Gasteiger partial charge in [-0.1, -0.05) is 48.5 Å². The van der Waals surface area contributed by atoms with Gasteiger partial charge in [-0.2, -0.15) is 5.10 Å². The van der Waals surface area contributed by atoms with E-state index in [9.17, 15) is 4.79 Å². The highest BCUT2D eigenvalue weighted by Gasteiger charge is 2.21. The van der Waals surface area contributed by atoms with Gasteiger partial charge in [-0.25, -0.2) is 4.68 Å². The number of aromatic nitrogens is 2. The van der Waals surface area contributed by atoms with Crippen LogP contribution in [0.3, 0.4) is 0 Å². The van der Waals surface area contributed by atoms with Gasteiger partial charge in [0.25, 0.3) is 5.91 Å². The first-order chi connectivity index (χ1) is 10.7. The van der Waals surface area contributed by atoms with Crippen LogP contribution in [0.1, 0.15) is 16.1 Å². The van der Waals surface area contributed by atoms with Crippen LogP contribution in [0.4, 0.5) is 0 Å². The molecule has 0 radical (unpaired) electrons. The average Bonchev–Trinajstić information content (AvgIpc) is 2.93. The first kappa shape index (κ1) is 14.1. The highest BCUT2D eigenvalue weighted by molar-refractivity contribution is 6.01. The van der Waals surface area contributed by atoms with Crippen LogP contribution in [0.15, 0.2) is 60.7 Å². The van der Waals surface area contributed by atoms with Crippen molar-refractivity contribution in [2.24, 2.45) is 0 Å². The zero-order chi connectivity index (χ0) is 15.5. The number of nitrogens with one attached hydrogen (secondary N) is 1. The Balaban J connectivity index is 2.23. The van der Waals surface area contributed by atoms with Crippen LogP contribution in [0.2, 0.25) is 0 Å². The number of hydrogen-bond acceptors (Lipinski definition) is 2. The van der Waals surface area contributed by atoms with Crippen molar-refractivity contribution in [2.45, 2.75) is 6.92 Å². The maximum absolute atomic E-state index is 12.3. The number of hydrogen-bond donors (Lipinski definition) is 1. The smallest absolute Gasteiger partial charge is 0.255 e. The van der Waals surface area contributed by atoms with E-state index in [-0.39, 0.29) is 5.91 Å². The van der Waals surface area contributed by atoms with Crippen molar-refractivity contribution in [2.75, 3.05) is 7.05 Å². The number of amides is 1. The molecule has 0 aliphatic rings. The van der Waals surface area contributed by atoms with Gasteiger partial charge in [-0.3, -0.25) is 4.79 Å². The summed E-state index contributed by atoms with van der Waals surface area (Å²) < 4.78 is 1.81. The number of carbonyl (C=O) groups is 1. The topological polar surface area (TPSA) is 46.9 Å². The number of rotatable bonds is 3. The summed E-state index contributed by atoms with van der Waals surface area (Å²) in [5.74, 6) is -0.126. The summed E-state index contributed by atoms with van der Waals surface area (Å²) in [5, 5.41) is 7.38. The SMILES string of the molecule is CNC(=O)c1c(-c2ccccc2)nn(-c2ccccc2)c1C. The second kappa shape index (κ2) is 5.85. The van der Waals surface area contributed by atoms with E-state index in [0.717, 1.165) is 16.9 Å². The second-order valence-electron chi connectivity index (χ2n) is 5.00. The third-order valence-corrected chi connectivity index (χ3v) is 3.62. The number of nitrogens with zero attached hydrogens (tertiary/aromatic N) is 2. The molecule has 0 atom stereocenters. The zero-order valence-electron chi connectivity index (χ0n) is 12.6. The van der Waals surface area contributed by atoms with E-state index in [0.29, 0.717) is 11.3 Å². The summed E-state index contributed by atoms with van der Waals surface area (Å²) >= 11 is 0. The van der Waals surface area contributed by atoms with Gasteiger partial charge in [0.1, 0.15) is 5.69 Å². The molecule has 1 N–H and O–H groups in total. The minimum Gasteiger partial charge on any atom is -0.355 e. The molecular weight excluding hydrogens is 274 g/mol. The molecule has 0 spiro atoms. The molecule has 0 fully saturated rings. The van der Waals surface area contributed by atoms with Gasteiger partial charge in [0.15, 0.2) is 0 Å². The van der Waals surface area contributed by atoms with Gasteiger partial charge in [0, 0.05) is 12.6 Å². The van der Waals surface area contributed by atoms with E-state index in [2.05, 4.69) is 10.4 Å². The summed E-state index contributed by atoms with van der Waals surface area (Å²) in [7, 11) is 1.64. The fourth-order valence-corrected chi connectivity index (χ4v) is 2.52. The second-order valence-corrected chi connectivity index (χ2v) is 5.00. The molecule has 0 bridgehead atoms. The molecule has 110 valence electrons. The molecule has 0 unspecified atom stereocenters. The van der Waals surface area contributed by atoms with Gasteiger partial charge in [0.2, 0.25) is 0 Å². The predicted molar refractivity (Wildman–Crippen MR) is 87.1 cm³/mol. The van der Waals surface area contributed by atoms with Crippen LogP contribution in [-0.4, -0.2) is 22.7 Å². The van der Waals surface area contributed by atoms with E-state index in [4.69, 9.17) is 0 Å². The monoisotopic (exact) mass is 291 g/mol. The molecule has 1 heterocycles. The van der Waals surface area contributed by atoms with Crippen molar-refractivity contribution in [3.05, 3.63) is 71.9 Å². The molecule has 0 aliphatic heterocycles. The highest BCUT2D eigenvalue weighted by atomic mass is 16.1. The Morgan fingerprint density at radius 3 is 2.18 bits per heavy atom. The van der Waals surface area contributed by atoms with Crippen LogP contribution in [0, 0.1) is 6.92 Å². The minimum atomic E-state index is -0.126. The van der Waals surface area contributed by atoms with E-state index in [1.165, 1.54) is 0 Å². The van der Waals surface area contributed by atoms with Gasteiger partial charge >= 0.3 is 0 Å². The number of para-hydroxylation sites is 1. The predicted octanol–water partition coefficient (Wildman–Crippen LogP) is 3.21. The van der Waals surface area contributed by atoms with E-state index in [1.54, 1.807) is 7.05 Å². The van der Waals surface area contributed by atoms with E-state index < -0.39 is 0 Å². The highest BCUT2D eigenvalue weighted by Crippen LogP contribution is 2.27. The Labute approximate surface area is 129 Å². The lowest BCUT2D eigenvalue weighted by molar-refractivity contribution is 0.0963. The van der Waals surface area contributed by atoms with Crippen molar-refractivity contribution in [3.63, 3.8) is 0 Å². The van der Waals surface area contributed by atoms with Gasteiger partial charge in [-0.15, -0.1) is 0 Å². The molecule has 1 amide bonds. The molecule has 2 aromatic carbocycles. The van der Waals surface area contributed by atoms with Crippen molar-refractivity contribution >= 4 is 5.91 Å². The maximum Gasteiger partial charge on any atom is 0.255 e. The standard InChI is InChI=1S/C18H17N3O/c1-13-16(18(22)19-2)17(14-9-5-3-6-10-14)20-21(13)15-11-7-4-8-12-15/h3-12H,1-2H3,(H,19,22).